The lowest BCUT2D eigenvalue weighted by Gasteiger charge is -2.32. The van der Waals surface area contributed by atoms with Gasteiger partial charge in [-0.3, -0.25) is 0 Å². The molecule has 1 aromatic heterocycles. The third kappa shape index (κ3) is 2.06. The predicted molar refractivity (Wildman–Crippen MR) is 78.3 cm³/mol. The van der Waals surface area contributed by atoms with Gasteiger partial charge in [0.1, 0.15) is 11.3 Å². The van der Waals surface area contributed by atoms with E-state index >= 15 is 0 Å². The summed E-state index contributed by atoms with van der Waals surface area (Å²) in [6.45, 7) is 4.38. The van der Waals surface area contributed by atoms with Crippen molar-refractivity contribution in [2.75, 3.05) is 13.1 Å². The fourth-order valence-corrected chi connectivity index (χ4v) is 3.44. The molecule has 96 valence electrons. The van der Waals surface area contributed by atoms with Crippen molar-refractivity contribution in [2.45, 2.75) is 25.2 Å². The first kappa shape index (κ1) is 12.5. The van der Waals surface area contributed by atoms with Gasteiger partial charge in [-0.2, -0.15) is 0 Å². The average Bonchev–Trinajstić information content (AvgIpc) is 2.74. The summed E-state index contributed by atoms with van der Waals surface area (Å²) >= 11 is 9.59. The molecule has 2 N–H and O–H groups in total. The summed E-state index contributed by atoms with van der Waals surface area (Å²) in [6, 6.07) is 3.82. The van der Waals surface area contributed by atoms with Crippen LogP contribution in [-0.4, -0.2) is 23.1 Å². The smallest absolute Gasteiger partial charge is 0.113 e. The van der Waals surface area contributed by atoms with Crippen molar-refractivity contribution in [3.8, 4) is 0 Å². The molecule has 0 amide bonds. The van der Waals surface area contributed by atoms with Crippen LogP contribution in [0.25, 0.3) is 11.0 Å². The number of halogens is 2. The molecule has 1 aromatic carbocycles. The molecule has 1 aliphatic rings. The molecule has 0 bridgehead atoms. The Bertz CT molecular complexity index is 587. The van der Waals surface area contributed by atoms with Crippen molar-refractivity contribution >= 4 is 38.6 Å². The minimum atomic E-state index is 0.135. The number of aromatic nitrogens is 2. The summed E-state index contributed by atoms with van der Waals surface area (Å²) in [6.07, 6.45) is 2.22. The normalized spacial score (nSPS) is 19.3. The number of fused-ring (bicyclic) bond motifs is 1. The Kier molecular flexibility index (Phi) is 3.12. The molecule has 0 spiro atoms. The largest absolute Gasteiger partial charge is 0.341 e. The van der Waals surface area contributed by atoms with Crippen molar-refractivity contribution in [3.63, 3.8) is 0 Å². The second-order valence-electron chi connectivity index (χ2n) is 5.18. The molecule has 18 heavy (non-hydrogen) atoms. The highest BCUT2D eigenvalue weighted by molar-refractivity contribution is 9.10. The number of nitrogens with one attached hydrogen (secondary N) is 2. The number of benzene rings is 1. The first-order valence-electron chi connectivity index (χ1n) is 6.14. The monoisotopic (exact) mass is 327 g/mol. The van der Waals surface area contributed by atoms with E-state index in [9.17, 15) is 0 Å². The molecular formula is C13H15BrClN3. The van der Waals surface area contributed by atoms with Crippen LogP contribution in [0, 0.1) is 0 Å². The number of hydrogen-bond donors (Lipinski definition) is 2. The average molecular weight is 329 g/mol. The first-order chi connectivity index (χ1) is 8.58. The van der Waals surface area contributed by atoms with Gasteiger partial charge < -0.3 is 10.3 Å². The number of H-pyrrole nitrogens is 1. The maximum absolute atomic E-state index is 6.07. The van der Waals surface area contributed by atoms with Gasteiger partial charge in [-0.1, -0.05) is 18.5 Å². The molecule has 0 atom stereocenters. The van der Waals surface area contributed by atoms with Gasteiger partial charge in [-0.05, 0) is 54.0 Å². The third-order valence-corrected chi connectivity index (χ3v) is 4.61. The van der Waals surface area contributed by atoms with Gasteiger partial charge in [0, 0.05) is 14.9 Å². The molecule has 2 heterocycles. The van der Waals surface area contributed by atoms with Gasteiger partial charge in [-0.25, -0.2) is 4.98 Å². The SMILES string of the molecule is CC1(c2nc3c(Br)cc(Cl)cc3[nH]2)CCNCC1. The predicted octanol–water partition coefficient (Wildman–Crippen LogP) is 3.62. The fraction of sp³-hybridized carbons (Fsp3) is 0.462. The van der Waals surface area contributed by atoms with Crippen LogP contribution in [0.4, 0.5) is 0 Å². The van der Waals surface area contributed by atoms with Gasteiger partial charge in [-0.15, -0.1) is 0 Å². The minimum absolute atomic E-state index is 0.135. The van der Waals surface area contributed by atoms with Crippen molar-refractivity contribution in [1.29, 1.82) is 0 Å². The molecule has 1 saturated heterocycles. The molecule has 3 rings (SSSR count). The highest BCUT2D eigenvalue weighted by atomic mass is 79.9. The molecule has 0 radical (unpaired) electrons. The van der Waals surface area contributed by atoms with Crippen LogP contribution in [-0.2, 0) is 5.41 Å². The Balaban J connectivity index is 2.10. The molecule has 2 aromatic rings. The highest BCUT2D eigenvalue weighted by Gasteiger charge is 2.31. The Morgan fingerprint density at radius 2 is 2.06 bits per heavy atom. The Morgan fingerprint density at radius 1 is 1.33 bits per heavy atom. The summed E-state index contributed by atoms with van der Waals surface area (Å²) in [5.41, 5.74) is 2.11. The van der Waals surface area contributed by atoms with Gasteiger partial charge in [0.15, 0.2) is 0 Å². The van der Waals surface area contributed by atoms with Crippen LogP contribution in [0.5, 0.6) is 0 Å². The summed E-state index contributed by atoms with van der Waals surface area (Å²) in [5, 5.41) is 4.11. The van der Waals surface area contributed by atoms with Crippen LogP contribution >= 0.6 is 27.5 Å². The number of hydrogen-bond acceptors (Lipinski definition) is 2. The van der Waals surface area contributed by atoms with Crippen LogP contribution in [0.3, 0.4) is 0 Å². The van der Waals surface area contributed by atoms with Crippen LogP contribution in [0.2, 0.25) is 5.02 Å². The van der Waals surface area contributed by atoms with Crippen LogP contribution in [0.1, 0.15) is 25.6 Å². The van der Waals surface area contributed by atoms with E-state index in [-0.39, 0.29) is 5.41 Å². The molecule has 5 heteroatoms. The van der Waals surface area contributed by atoms with E-state index in [2.05, 4.69) is 33.2 Å². The molecule has 3 nitrogen and oxygen atoms in total. The number of imidazole rings is 1. The zero-order valence-corrected chi connectivity index (χ0v) is 12.5. The molecule has 0 aliphatic carbocycles. The fourth-order valence-electron chi connectivity index (χ4n) is 2.54. The Hall–Kier alpha value is -0.580. The van der Waals surface area contributed by atoms with Gasteiger partial charge in [0.05, 0.1) is 5.52 Å². The molecular weight excluding hydrogens is 314 g/mol. The summed E-state index contributed by atoms with van der Waals surface area (Å²) < 4.78 is 0.949. The minimum Gasteiger partial charge on any atom is -0.341 e. The first-order valence-corrected chi connectivity index (χ1v) is 7.32. The maximum Gasteiger partial charge on any atom is 0.113 e. The zero-order chi connectivity index (χ0) is 12.8. The van der Waals surface area contributed by atoms with Crippen LogP contribution < -0.4 is 5.32 Å². The number of nitrogens with zero attached hydrogens (tertiary/aromatic N) is 1. The van der Waals surface area contributed by atoms with Crippen molar-refractivity contribution in [2.24, 2.45) is 0 Å². The lowest BCUT2D eigenvalue weighted by Crippen LogP contribution is -2.38. The van der Waals surface area contributed by atoms with Gasteiger partial charge in [0.25, 0.3) is 0 Å². The highest BCUT2D eigenvalue weighted by Crippen LogP contribution is 2.34. The van der Waals surface area contributed by atoms with Gasteiger partial charge >= 0.3 is 0 Å². The second-order valence-corrected chi connectivity index (χ2v) is 6.47. The molecule has 0 saturated carbocycles. The van der Waals surface area contributed by atoms with E-state index in [1.807, 2.05) is 12.1 Å². The molecule has 0 unspecified atom stereocenters. The van der Waals surface area contributed by atoms with E-state index in [1.165, 1.54) is 0 Å². The van der Waals surface area contributed by atoms with E-state index < -0.39 is 0 Å². The van der Waals surface area contributed by atoms with Crippen LogP contribution in [0.15, 0.2) is 16.6 Å². The van der Waals surface area contributed by atoms with Crippen molar-refractivity contribution < 1.29 is 0 Å². The maximum atomic E-state index is 6.07. The second kappa shape index (κ2) is 4.51. The summed E-state index contributed by atoms with van der Waals surface area (Å²) in [4.78, 5) is 8.19. The Labute approximate surface area is 119 Å². The number of piperidine rings is 1. The molecule has 1 fully saturated rings. The summed E-state index contributed by atoms with van der Waals surface area (Å²) in [5.74, 6) is 1.07. The molecule has 1 aliphatic heterocycles. The quantitative estimate of drug-likeness (QED) is 0.839. The Morgan fingerprint density at radius 3 is 2.78 bits per heavy atom. The topological polar surface area (TPSA) is 40.7 Å². The lowest BCUT2D eigenvalue weighted by molar-refractivity contribution is 0.321. The number of rotatable bonds is 1. The van der Waals surface area contributed by atoms with E-state index in [0.717, 1.165) is 52.3 Å². The standard InChI is InChI=1S/C13H15BrClN3/c1-13(2-4-16-5-3-13)12-17-10-7-8(15)6-9(14)11(10)18-12/h6-7,16H,2-5H2,1H3,(H,17,18). The summed E-state index contributed by atoms with van der Waals surface area (Å²) in [7, 11) is 0. The number of aromatic amines is 1. The van der Waals surface area contributed by atoms with Crippen molar-refractivity contribution in [1.82, 2.24) is 15.3 Å². The van der Waals surface area contributed by atoms with E-state index in [0.29, 0.717) is 0 Å². The zero-order valence-electron chi connectivity index (χ0n) is 10.2. The lowest BCUT2D eigenvalue weighted by atomic mass is 9.80. The van der Waals surface area contributed by atoms with Gasteiger partial charge in [0.2, 0.25) is 0 Å². The van der Waals surface area contributed by atoms with E-state index in [1.54, 1.807) is 0 Å². The third-order valence-electron chi connectivity index (χ3n) is 3.78. The van der Waals surface area contributed by atoms with E-state index in [4.69, 9.17) is 16.6 Å². The van der Waals surface area contributed by atoms with Crippen molar-refractivity contribution in [3.05, 3.63) is 27.5 Å².